The van der Waals surface area contributed by atoms with E-state index in [0.717, 1.165) is 37.0 Å². The van der Waals surface area contributed by atoms with Gasteiger partial charge in [-0.2, -0.15) is 0 Å². The highest BCUT2D eigenvalue weighted by Crippen LogP contribution is 2.20. The molecule has 19 heavy (non-hydrogen) atoms. The largest absolute Gasteiger partial charge is 0.444 e. The Kier molecular flexibility index (Phi) is 6.33. The van der Waals surface area contributed by atoms with Crippen LogP contribution in [0.2, 0.25) is 0 Å². The van der Waals surface area contributed by atoms with Gasteiger partial charge in [0.2, 0.25) is 0 Å². The van der Waals surface area contributed by atoms with Gasteiger partial charge in [-0.05, 0) is 39.5 Å². The molecule has 1 saturated heterocycles. The van der Waals surface area contributed by atoms with Crippen molar-refractivity contribution in [3.63, 3.8) is 0 Å². The summed E-state index contributed by atoms with van der Waals surface area (Å²) in [6.45, 7) is 12.2. The van der Waals surface area contributed by atoms with Gasteiger partial charge in [-0.3, -0.25) is 0 Å². The van der Waals surface area contributed by atoms with E-state index in [4.69, 9.17) is 9.47 Å². The normalized spacial score (nSPS) is 17.4. The Morgan fingerprint density at radius 2 is 1.95 bits per heavy atom. The lowest BCUT2D eigenvalue weighted by Gasteiger charge is -2.33. The second-order valence-electron chi connectivity index (χ2n) is 5.94. The molecule has 0 radical (unpaired) electrons. The zero-order valence-corrected chi connectivity index (χ0v) is 13.7. The van der Waals surface area contributed by atoms with E-state index < -0.39 is 5.60 Å². The van der Waals surface area contributed by atoms with Crippen LogP contribution in [0, 0.1) is 5.92 Å². The van der Waals surface area contributed by atoms with Gasteiger partial charge in [-0.15, -0.1) is 0 Å². The second-order valence-corrected chi connectivity index (χ2v) is 7.06. The van der Waals surface area contributed by atoms with Crippen molar-refractivity contribution in [2.24, 2.45) is 5.92 Å². The number of halogens is 1. The Balaban J connectivity index is 2.25. The molecule has 0 spiro atoms. The summed E-state index contributed by atoms with van der Waals surface area (Å²) < 4.78 is 11.8. The summed E-state index contributed by atoms with van der Waals surface area (Å²) in [5.74, 6) is 0.519. The van der Waals surface area contributed by atoms with Gasteiger partial charge in [0, 0.05) is 24.2 Å². The summed E-state index contributed by atoms with van der Waals surface area (Å²) in [5.41, 5.74) is -0.423. The van der Waals surface area contributed by atoms with Crippen LogP contribution >= 0.6 is 15.9 Å². The Morgan fingerprint density at radius 1 is 1.37 bits per heavy atom. The van der Waals surface area contributed by atoms with Gasteiger partial charge in [0.1, 0.15) is 5.60 Å². The fourth-order valence-electron chi connectivity index (χ4n) is 1.95. The molecule has 1 aliphatic rings. The van der Waals surface area contributed by atoms with Crippen LogP contribution < -0.4 is 0 Å². The zero-order valence-electron chi connectivity index (χ0n) is 12.1. The molecule has 0 unspecified atom stereocenters. The maximum atomic E-state index is 11.9. The van der Waals surface area contributed by atoms with Crippen LogP contribution in [-0.4, -0.2) is 42.9 Å². The first kappa shape index (κ1) is 16.5. The van der Waals surface area contributed by atoms with Crippen molar-refractivity contribution in [2.45, 2.75) is 39.2 Å². The SMILES string of the molecule is C=C(Br)COCC1CCN(C(=O)OC(C)(C)C)CC1. The molecule has 0 aromatic rings. The first-order chi connectivity index (χ1) is 8.78. The van der Waals surface area contributed by atoms with Gasteiger partial charge in [-0.1, -0.05) is 22.5 Å². The Morgan fingerprint density at radius 3 is 2.42 bits per heavy atom. The summed E-state index contributed by atoms with van der Waals surface area (Å²) in [6, 6.07) is 0. The number of hydrogen-bond acceptors (Lipinski definition) is 3. The highest BCUT2D eigenvalue weighted by molar-refractivity contribution is 9.11. The molecule has 0 saturated carbocycles. The third kappa shape index (κ3) is 6.97. The molecule has 0 aromatic heterocycles. The number of ether oxygens (including phenoxy) is 2. The van der Waals surface area contributed by atoms with Crippen LogP contribution in [0.5, 0.6) is 0 Å². The van der Waals surface area contributed by atoms with Crippen LogP contribution in [0.1, 0.15) is 33.6 Å². The number of carbonyl (C=O) groups excluding carboxylic acids is 1. The van der Waals surface area contributed by atoms with Crippen LogP contribution in [0.4, 0.5) is 4.79 Å². The fourth-order valence-corrected chi connectivity index (χ4v) is 2.11. The van der Waals surface area contributed by atoms with Crippen molar-refractivity contribution in [3.8, 4) is 0 Å². The standard InChI is InChI=1S/C14H24BrNO3/c1-11(15)9-18-10-12-5-7-16(8-6-12)13(17)19-14(2,3)4/h12H,1,5-10H2,2-4H3. The van der Waals surface area contributed by atoms with Crippen molar-refractivity contribution >= 4 is 22.0 Å². The molecule has 0 aromatic carbocycles. The van der Waals surface area contributed by atoms with Crippen molar-refractivity contribution < 1.29 is 14.3 Å². The maximum absolute atomic E-state index is 11.9. The fraction of sp³-hybridized carbons (Fsp3) is 0.786. The van der Waals surface area contributed by atoms with Crippen molar-refractivity contribution in [1.29, 1.82) is 0 Å². The van der Waals surface area contributed by atoms with E-state index >= 15 is 0 Å². The average Bonchev–Trinajstić information content (AvgIpc) is 2.27. The lowest BCUT2D eigenvalue weighted by atomic mass is 9.98. The average molecular weight is 334 g/mol. The number of likely N-dealkylation sites (tertiary alicyclic amines) is 1. The topological polar surface area (TPSA) is 38.8 Å². The molecule has 1 aliphatic heterocycles. The molecule has 110 valence electrons. The third-order valence-electron chi connectivity index (χ3n) is 2.88. The molecule has 1 heterocycles. The minimum Gasteiger partial charge on any atom is -0.444 e. The predicted octanol–water partition coefficient (Wildman–Crippen LogP) is 3.56. The zero-order chi connectivity index (χ0) is 14.5. The van der Waals surface area contributed by atoms with Crippen LogP contribution in [0.3, 0.4) is 0 Å². The van der Waals surface area contributed by atoms with Crippen molar-refractivity contribution in [2.75, 3.05) is 26.3 Å². The number of carbonyl (C=O) groups is 1. The van der Waals surface area contributed by atoms with Crippen molar-refractivity contribution in [1.82, 2.24) is 4.90 Å². The molecule has 1 rings (SSSR count). The number of nitrogens with zero attached hydrogens (tertiary/aromatic N) is 1. The molecule has 0 bridgehead atoms. The number of amides is 1. The van der Waals surface area contributed by atoms with Crippen LogP contribution in [-0.2, 0) is 9.47 Å². The summed E-state index contributed by atoms with van der Waals surface area (Å²) >= 11 is 3.27. The molecule has 1 amide bonds. The molecule has 0 aliphatic carbocycles. The third-order valence-corrected chi connectivity index (χ3v) is 3.11. The van der Waals surface area contributed by atoms with E-state index in [1.54, 1.807) is 4.90 Å². The quantitative estimate of drug-likeness (QED) is 0.789. The lowest BCUT2D eigenvalue weighted by molar-refractivity contribution is 0.0131. The highest BCUT2D eigenvalue weighted by atomic mass is 79.9. The number of rotatable bonds is 4. The van der Waals surface area contributed by atoms with Gasteiger partial charge in [0.05, 0.1) is 6.61 Å². The first-order valence-electron chi connectivity index (χ1n) is 6.67. The van der Waals surface area contributed by atoms with Gasteiger partial charge < -0.3 is 14.4 Å². The number of piperidine rings is 1. The smallest absolute Gasteiger partial charge is 0.410 e. The minimum atomic E-state index is -0.423. The Labute approximate surface area is 124 Å². The van der Waals surface area contributed by atoms with Gasteiger partial charge in [0.15, 0.2) is 0 Å². The molecule has 5 heteroatoms. The lowest BCUT2D eigenvalue weighted by Crippen LogP contribution is -2.42. The molecule has 4 nitrogen and oxygen atoms in total. The van der Waals surface area contributed by atoms with E-state index in [1.165, 1.54) is 0 Å². The van der Waals surface area contributed by atoms with Gasteiger partial charge in [0.25, 0.3) is 0 Å². The molecule has 1 fully saturated rings. The predicted molar refractivity (Wildman–Crippen MR) is 79.4 cm³/mol. The van der Waals surface area contributed by atoms with E-state index in [2.05, 4.69) is 22.5 Å². The van der Waals surface area contributed by atoms with E-state index in [0.29, 0.717) is 12.5 Å². The Hall–Kier alpha value is -0.550. The molecule has 0 atom stereocenters. The Bertz CT molecular complexity index is 317. The van der Waals surface area contributed by atoms with Crippen LogP contribution in [0.25, 0.3) is 0 Å². The van der Waals surface area contributed by atoms with E-state index in [9.17, 15) is 4.79 Å². The summed E-state index contributed by atoms with van der Waals surface area (Å²) in [5, 5.41) is 0. The molecular formula is C14H24BrNO3. The van der Waals surface area contributed by atoms with Gasteiger partial charge >= 0.3 is 6.09 Å². The monoisotopic (exact) mass is 333 g/mol. The highest BCUT2D eigenvalue weighted by Gasteiger charge is 2.26. The maximum Gasteiger partial charge on any atom is 0.410 e. The summed E-state index contributed by atoms with van der Waals surface area (Å²) in [7, 11) is 0. The first-order valence-corrected chi connectivity index (χ1v) is 7.46. The summed E-state index contributed by atoms with van der Waals surface area (Å²) in [6.07, 6.45) is 1.72. The number of hydrogen-bond donors (Lipinski definition) is 0. The summed E-state index contributed by atoms with van der Waals surface area (Å²) in [4.78, 5) is 13.7. The van der Waals surface area contributed by atoms with Gasteiger partial charge in [-0.25, -0.2) is 4.79 Å². The molecular weight excluding hydrogens is 310 g/mol. The second kappa shape index (κ2) is 7.29. The van der Waals surface area contributed by atoms with Crippen molar-refractivity contribution in [3.05, 3.63) is 11.1 Å². The van der Waals surface area contributed by atoms with Crippen LogP contribution in [0.15, 0.2) is 11.1 Å². The van der Waals surface area contributed by atoms with E-state index in [1.807, 2.05) is 20.8 Å². The minimum absolute atomic E-state index is 0.208. The van der Waals surface area contributed by atoms with E-state index in [-0.39, 0.29) is 6.09 Å². The molecule has 0 N–H and O–H groups in total.